The number of carboxylic acids is 1. The van der Waals surface area contributed by atoms with Gasteiger partial charge in [0.1, 0.15) is 0 Å². The van der Waals surface area contributed by atoms with E-state index in [4.69, 9.17) is 5.11 Å². The largest absolute Gasteiger partial charge is 0.481 e. The molecule has 1 heterocycles. The van der Waals surface area contributed by atoms with E-state index in [1.807, 2.05) is 48.5 Å². The summed E-state index contributed by atoms with van der Waals surface area (Å²) in [7, 11) is 0. The van der Waals surface area contributed by atoms with Gasteiger partial charge < -0.3 is 10.4 Å². The molecule has 0 bridgehead atoms. The minimum Gasteiger partial charge on any atom is -0.481 e. The Morgan fingerprint density at radius 1 is 1.16 bits per heavy atom. The molecule has 4 nitrogen and oxygen atoms in total. The van der Waals surface area contributed by atoms with Gasteiger partial charge in [0.25, 0.3) is 0 Å². The second-order valence-corrected chi connectivity index (χ2v) is 4.26. The van der Waals surface area contributed by atoms with Crippen LogP contribution in [0.4, 0.5) is 0 Å². The molecular formula is C15H16N2O2. The van der Waals surface area contributed by atoms with E-state index in [-0.39, 0.29) is 12.5 Å². The smallest absolute Gasteiger partial charge is 0.305 e. The molecule has 0 spiro atoms. The Labute approximate surface area is 112 Å². The van der Waals surface area contributed by atoms with Crippen LogP contribution in [0.25, 0.3) is 0 Å². The van der Waals surface area contributed by atoms with Gasteiger partial charge in [0, 0.05) is 18.8 Å². The molecule has 0 saturated heterocycles. The molecule has 0 aliphatic heterocycles. The standard InChI is InChI=1S/C15H16N2O2/c18-15(19)10-14(12-6-2-1-3-7-12)17-11-13-8-4-5-9-16-13/h1-9,14,17H,10-11H2,(H,18,19). The summed E-state index contributed by atoms with van der Waals surface area (Å²) in [6.07, 6.45) is 1.78. The highest BCUT2D eigenvalue weighted by molar-refractivity contribution is 5.67. The van der Waals surface area contributed by atoms with Crippen LogP contribution in [0.2, 0.25) is 0 Å². The van der Waals surface area contributed by atoms with E-state index >= 15 is 0 Å². The van der Waals surface area contributed by atoms with Gasteiger partial charge in [-0.3, -0.25) is 9.78 Å². The number of hydrogen-bond donors (Lipinski definition) is 2. The number of carboxylic acid groups (broad SMARTS) is 1. The van der Waals surface area contributed by atoms with E-state index < -0.39 is 5.97 Å². The Hall–Kier alpha value is -2.20. The maximum Gasteiger partial charge on any atom is 0.305 e. The fourth-order valence-corrected chi connectivity index (χ4v) is 1.90. The maximum absolute atomic E-state index is 10.9. The van der Waals surface area contributed by atoms with Crippen LogP contribution in [0.1, 0.15) is 23.7 Å². The van der Waals surface area contributed by atoms with E-state index in [9.17, 15) is 4.79 Å². The van der Waals surface area contributed by atoms with Crippen LogP contribution in [-0.4, -0.2) is 16.1 Å². The third-order valence-electron chi connectivity index (χ3n) is 2.84. The van der Waals surface area contributed by atoms with Crippen molar-refractivity contribution in [3.8, 4) is 0 Å². The second kappa shape index (κ2) is 6.66. The molecule has 1 atom stereocenters. The lowest BCUT2D eigenvalue weighted by atomic mass is 10.0. The van der Waals surface area contributed by atoms with E-state index in [1.165, 1.54) is 0 Å². The molecule has 1 aromatic carbocycles. The summed E-state index contributed by atoms with van der Waals surface area (Å²) in [5, 5.41) is 12.2. The summed E-state index contributed by atoms with van der Waals surface area (Å²) in [6.45, 7) is 0.549. The van der Waals surface area contributed by atoms with Crippen molar-refractivity contribution in [1.82, 2.24) is 10.3 Å². The first-order valence-corrected chi connectivity index (χ1v) is 6.16. The Balaban J connectivity index is 2.04. The van der Waals surface area contributed by atoms with Gasteiger partial charge in [0.05, 0.1) is 12.1 Å². The predicted octanol–water partition coefficient (Wildman–Crippen LogP) is 2.39. The number of aliphatic carboxylic acids is 1. The summed E-state index contributed by atoms with van der Waals surface area (Å²) in [6, 6.07) is 15.1. The molecule has 2 rings (SSSR count). The van der Waals surface area contributed by atoms with Crippen molar-refractivity contribution in [1.29, 1.82) is 0 Å². The number of rotatable bonds is 6. The first-order chi connectivity index (χ1) is 9.25. The number of pyridine rings is 1. The second-order valence-electron chi connectivity index (χ2n) is 4.26. The van der Waals surface area contributed by atoms with Gasteiger partial charge in [0.15, 0.2) is 0 Å². The molecule has 4 heteroatoms. The van der Waals surface area contributed by atoms with Gasteiger partial charge >= 0.3 is 5.97 Å². The number of carbonyl (C=O) groups is 1. The molecule has 2 aromatic rings. The zero-order valence-corrected chi connectivity index (χ0v) is 10.5. The van der Waals surface area contributed by atoms with Crippen molar-refractivity contribution in [2.24, 2.45) is 0 Å². The normalized spacial score (nSPS) is 12.0. The van der Waals surface area contributed by atoms with Crippen LogP contribution in [0.5, 0.6) is 0 Å². The van der Waals surface area contributed by atoms with Crippen LogP contribution in [0.3, 0.4) is 0 Å². The number of hydrogen-bond acceptors (Lipinski definition) is 3. The van der Waals surface area contributed by atoms with Crippen molar-refractivity contribution >= 4 is 5.97 Å². The van der Waals surface area contributed by atoms with E-state index in [0.29, 0.717) is 6.54 Å². The molecule has 1 aromatic heterocycles. The molecular weight excluding hydrogens is 240 g/mol. The summed E-state index contributed by atoms with van der Waals surface area (Å²) in [4.78, 5) is 15.2. The van der Waals surface area contributed by atoms with E-state index in [1.54, 1.807) is 6.20 Å². The highest BCUT2D eigenvalue weighted by Crippen LogP contribution is 2.16. The van der Waals surface area contributed by atoms with Gasteiger partial charge in [-0.05, 0) is 17.7 Å². The molecule has 0 amide bonds. The lowest BCUT2D eigenvalue weighted by Crippen LogP contribution is -2.23. The predicted molar refractivity (Wildman–Crippen MR) is 72.5 cm³/mol. The van der Waals surface area contributed by atoms with Crippen molar-refractivity contribution in [3.63, 3.8) is 0 Å². The molecule has 0 aliphatic carbocycles. The van der Waals surface area contributed by atoms with Crippen LogP contribution in [0.15, 0.2) is 54.7 Å². The highest BCUT2D eigenvalue weighted by Gasteiger charge is 2.14. The van der Waals surface area contributed by atoms with Crippen LogP contribution in [0, 0.1) is 0 Å². The zero-order chi connectivity index (χ0) is 13.5. The molecule has 2 N–H and O–H groups in total. The average Bonchev–Trinajstić information content (AvgIpc) is 2.45. The lowest BCUT2D eigenvalue weighted by molar-refractivity contribution is -0.137. The molecule has 98 valence electrons. The number of benzene rings is 1. The SMILES string of the molecule is O=C(O)CC(NCc1ccccn1)c1ccccc1. The Morgan fingerprint density at radius 2 is 1.89 bits per heavy atom. The van der Waals surface area contributed by atoms with Gasteiger partial charge in [-0.1, -0.05) is 36.4 Å². The van der Waals surface area contributed by atoms with Gasteiger partial charge in [0.2, 0.25) is 0 Å². The van der Waals surface area contributed by atoms with Crippen molar-refractivity contribution in [2.45, 2.75) is 19.0 Å². The molecule has 1 unspecified atom stereocenters. The van der Waals surface area contributed by atoms with Crippen molar-refractivity contribution in [2.75, 3.05) is 0 Å². The molecule has 0 aliphatic rings. The number of aromatic nitrogens is 1. The van der Waals surface area contributed by atoms with Crippen LogP contribution in [-0.2, 0) is 11.3 Å². The van der Waals surface area contributed by atoms with Gasteiger partial charge in [-0.25, -0.2) is 0 Å². The summed E-state index contributed by atoms with van der Waals surface area (Å²) < 4.78 is 0. The quantitative estimate of drug-likeness (QED) is 0.833. The van der Waals surface area contributed by atoms with Crippen molar-refractivity contribution < 1.29 is 9.90 Å². The van der Waals surface area contributed by atoms with Gasteiger partial charge in [-0.15, -0.1) is 0 Å². The van der Waals surface area contributed by atoms with E-state index in [0.717, 1.165) is 11.3 Å². The van der Waals surface area contributed by atoms with Gasteiger partial charge in [-0.2, -0.15) is 0 Å². The molecule has 19 heavy (non-hydrogen) atoms. The first-order valence-electron chi connectivity index (χ1n) is 6.16. The topological polar surface area (TPSA) is 62.2 Å². The third kappa shape index (κ3) is 4.19. The maximum atomic E-state index is 10.9. The van der Waals surface area contributed by atoms with E-state index in [2.05, 4.69) is 10.3 Å². The highest BCUT2D eigenvalue weighted by atomic mass is 16.4. The van der Waals surface area contributed by atoms with Crippen LogP contribution >= 0.6 is 0 Å². The molecule has 0 radical (unpaired) electrons. The fraction of sp³-hybridized carbons (Fsp3) is 0.200. The monoisotopic (exact) mass is 256 g/mol. The zero-order valence-electron chi connectivity index (χ0n) is 10.5. The summed E-state index contributed by atoms with van der Waals surface area (Å²) >= 11 is 0. The molecule has 0 saturated carbocycles. The minimum atomic E-state index is -0.817. The Bertz CT molecular complexity index is 514. The third-order valence-corrected chi connectivity index (χ3v) is 2.84. The fourth-order valence-electron chi connectivity index (χ4n) is 1.90. The van der Waals surface area contributed by atoms with Crippen LogP contribution < -0.4 is 5.32 Å². The Kier molecular flexibility index (Phi) is 4.64. The summed E-state index contributed by atoms with van der Waals surface area (Å²) in [5.41, 5.74) is 1.87. The minimum absolute atomic E-state index is 0.0524. The van der Waals surface area contributed by atoms with Crippen molar-refractivity contribution in [3.05, 3.63) is 66.0 Å². The number of nitrogens with zero attached hydrogens (tertiary/aromatic N) is 1. The lowest BCUT2D eigenvalue weighted by Gasteiger charge is -2.17. The summed E-state index contributed by atoms with van der Waals surface area (Å²) in [5.74, 6) is -0.817. The first kappa shape index (κ1) is 13.2. The number of nitrogens with one attached hydrogen (secondary N) is 1. The Morgan fingerprint density at radius 3 is 2.53 bits per heavy atom. The molecule has 0 fully saturated rings. The average molecular weight is 256 g/mol.